The van der Waals surface area contributed by atoms with E-state index in [0.717, 1.165) is 26.9 Å². The van der Waals surface area contributed by atoms with Crippen LogP contribution in [0.4, 0.5) is 0 Å². The van der Waals surface area contributed by atoms with Crippen LogP contribution in [-0.4, -0.2) is 11.7 Å². The number of benzene rings is 3. The van der Waals surface area contributed by atoms with Crippen molar-refractivity contribution in [3.05, 3.63) is 99.0 Å². The fraction of sp³-hybridized carbons (Fsp3) is 0.167. The smallest absolute Gasteiger partial charge is 0.162 e. The second-order valence-corrected chi connectivity index (χ2v) is 8.34. The molecule has 0 spiro atoms. The van der Waals surface area contributed by atoms with Gasteiger partial charge in [-0.25, -0.2) is 0 Å². The summed E-state index contributed by atoms with van der Waals surface area (Å²) in [5.41, 5.74) is 3.85. The average molecular weight is 486 g/mol. The lowest BCUT2D eigenvalue weighted by atomic mass is 9.97. The van der Waals surface area contributed by atoms with Gasteiger partial charge in [-0.3, -0.25) is 5.32 Å². The van der Waals surface area contributed by atoms with Crippen LogP contribution in [0.5, 0.6) is 11.5 Å². The Balaban J connectivity index is 1.75. The van der Waals surface area contributed by atoms with E-state index in [2.05, 4.69) is 44.8 Å². The van der Waals surface area contributed by atoms with Crippen LogP contribution in [0.1, 0.15) is 35.8 Å². The Labute approximate surface area is 189 Å². The van der Waals surface area contributed by atoms with Gasteiger partial charge in [-0.1, -0.05) is 63.9 Å². The normalized spacial score (nSPS) is 18.4. The summed E-state index contributed by atoms with van der Waals surface area (Å²) in [6.45, 7) is 2.39. The quantitative estimate of drug-likeness (QED) is 0.404. The average Bonchev–Trinajstić information content (AvgIpc) is 2.76. The Morgan fingerprint density at radius 1 is 1.03 bits per heavy atom. The van der Waals surface area contributed by atoms with Crippen molar-refractivity contribution in [3.63, 3.8) is 0 Å². The SMILES string of the molecule is CCOc1cccc(C2C=C(c3ccc(Br)cc3)NC(c3ccc(Cl)cc3)N2)c1O. The van der Waals surface area contributed by atoms with E-state index in [9.17, 15) is 5.11 Å². The maximum Gasteiger partial charge on any atom is 0.162 e. The van der Waals surface area contributed by atoms with Gasteiger partial charge < -0.3 is 15.2 Å². The summed E-state index contributed by atoms with van der Waals surface area (Å²) in [7, 11) is 0. The molecule has 0 radical (unpaired) electrons. The number of para-hydroxylation sites is 1. The van der Waals surface area contributed by atoms with Crippen LogP contribution < -0.4 is 15.4 Å². The Morgan fingerprint density at radius 2 is 1.77 bits per heavy atom. The zero-order valence-corrected chi connectivity index (χ0v) is 18.7. The molecule has 30 heavy (non-hydrogen) atoms. The molecule has 0 aromatic heterocycles. The van der Waals surface area contributed by atoms with Crippen LogP contribution in [0.25, 0.3) is 5.70 Å². The first-order chi connectivity index (χ1) is 14.5. The molecule has 0 fully saturated rings. The minimum atomic E-state index is -0.217. The third-order valence-corrected chi connectivity index (χ3v) is 5.78. The molecule has 0 saturated heterocycles. The van der Waals surface area contributed by atoms with Crippen LogP contribution in [0, 0.1) is 0 Å². The fourth-order valence-electron chi connectivity index (χ4n) is 3.53. The first kappa shape index (κ1) is 20.8. The number of hydrogen-bond donors (Lipinski definition) is 3. The molecule has 4 rings (SSSR count). The largest absolute Gasteiger partial charge is 0.504 e. The molecule has 1 aliphatic heterocycles. The number of hydrogen-bond acceptors (Lipinski definition) is 4. The van der Waals surface area contributed by atoms with E-state index in [-0.39, 0.29) is 18.0 Å². The molecule has 3 aromatic carbocycles. The molecule has 0 saturated carbocycles. The van der Waals surface area contributed by atoms with Crippen molar-refractivity contribution in [1.29, 1.82) is 0 Å². The van der Waals surface area contributed by atoms with Gasteiger partial charge in [0.05, 0.1) is 12.6 Å². The Hall–Kier alpha value is -2.47. The Bertz CT molecular complexity index is 1050. The molecule has 4 nitrogen and oxygen atoms in total. The predicted molar refractivity (Wildman–Crippen MR) is 125 cm³/mol. The maximum absolute atomic E-state index is 10.8. The van der Waals surface area contributed by atoms with E-state index in [1.54, 1.807) is 6.07 Å². The van der Waals surface area contributed by atoms with E-state index < -0.39 is 0 Å². The van der Waals surface area contributed by atoms with E-state index in [1.165, 1.54) is 0 Å². The maximum atomic E-state index is 10.8. The zero-order valence-electron chi connectivity index (χ0n) is 16.4. The zero-order chi connectivity index (χ0) is 21.1. The number of phenols is 1. The third-order valence-electron chi connectivity index (χ3n) is 5.00. The van der Waals surface area contributed by atoms with Crippen molar-refractivity contribution in [2.75, 3.05) is 6.61 Å². The summed E-state index contributed by atoms with van der Waals surface area (Å²) < 4.78 is 6.61. The van der Waals surface area contributed by atoms with Crippen molar-refractivity contribution >= 4 is 33.2 Å². The molecule has 0 amide bonds. The van der Waals surface area contributed by atoms with Gasteiger partial charge in [0.25, 0.3) is 0 Å². The highest BCUT2D eigenvalue weighted by molar-refractivity contribution is 9.10. The lowest BCUT2D eigenvalue weighted by molar-refractivity contribution is 0.314. The molecule has 1 aliphatic rings. The van der Waals surface area contributed by atoms with E-state index in [0.29, 0.717) is 17.4 Å². The monoisotopic (exact) mass is 484 g/mol. The van der Waals surface area contributed by atoms with Gasteiger partial charge in [0, 0.05) is 20.8 Å². The van der Waals surface area contributed by atoms with Gasteiger partial charge in [-0.05, 0) is 54.5 Å². The van der Waals surface area contributed by atoms with Gasteiger partial charge >= 0.3 is 0 Å². The summed E-state index contributed by atoms with van der Waals surface area (Å²) >= 11 is 9.57. The van der Waals surface area contributed by atoms with Crippen LogP contribution >= 0.6 is 27.5 Å². The van der Waals surface area contributed by atoms with Gasteiger partial charge in [-0.2, -0.15) is 0 Å². The summed E-state index contributed by atoms with van der Waals surface area (Å²) in [4.78, 5) is 0. The molecule has 0 aliphatic carbocycles. The number of rotatable bonds is 5. The topological polar surface area (TPSA) is 53.5 Å². The first-order valence-corrected chi connectivity index (χ1v) is 10.9. The fourth-order valence-corrected chi connectivity index (χ4v) is 3.92. The summed E-state index contributed by atoms with van der Waals surface area (Å²) in [5, 5.41) is 18.6. The number of aromatic hydroxyl groups is 1. The molecule has 2 unspecified atom stereocenters. The molecular formula is C24H22BrClN2O2. The van der Waals surface area contributed by atoms with Crippen LogP contribution in [0.2, 0.25) is 5.02 Å². The number of halogens is 2. The highest BCUT2D eigenvalue weighted by Gasteiger charge is 2.26. The molecular weight excluding hydrogens is 464 g/mol. The summed E-state index contributed by atoms with van der Waals surface area (Å²) in [6, 6.07) is 21.2. The van der Waals surface area contributed by atoms with Gasteiger partial charge in [0.15, 0.2) is 11.5 Å². The van der Waals surface area contributed by atoms with Crippen LogP contribution in [-0.2, 0) is 0 Å². The van der Waals surface area contributed by atoms with E-state index >= 15 is 0 Å². The van der Waals surface area contributed by atoms with Crippen LogP contribution in [0.3, 0.4) is 0 Å². The van der Waals surface area contributed by atoms with Gasteiger partial charge in [0.1, 0.15) is 6.17 Å². The summed E-state index contributed by atoms with van der Waals surface area (Å²) in [6.07, 6.45) is 1.92. The number of phenolic OH excluding ortho intramolecular Hbond substituents is 1. The molecule has 1 heterocycles. The Morgan fingerprint density at radius 3 is 2.47 bits per heavy atom. The predicted octanol–water partition coefficient (Wildman–Crippen LogP) is 6.18. The van der Waals surface area contributed by atoms with Gasteiger partial charge in [-0.15, -0.1) is 0 Å². The summed E-state index contributed by atoms with van der Waals surface area (Å²) in [5.74, 6) is 0.636. The minimum absolute atomic E-state index is 0.153. The van der Waals surface area contributed by atoms with Crippen molar-refractivity contribution in [2.24, 2.45) is 0 Å². The van der Waals surface area contributed by atoms with Gasteiger partial charge in [0.2, 0.25) is 0 Å². The van der Waals surface area contributed by atoms with E-state index in [4.69, 9.17) is 16.3 Å². The minimum Gasteiger partial charge on any atom is -0.504 e. The molecule has 3 aromatic rings. The lowest BCUT2D eigenvalue weighted by Crippen LogP contribution is -2.39. The molecule has 154 valence electrons. The first-order valence-electron chi connectivity index (χ1n) is 9.75. The Kier molecular flexibility index (Phi) is 6.32. The lowest BCUT2D eigenvalue weighted by Gasteiger charge is -2.33. The van der Waals surface area contributed by atoms with Crippen molar-refractivity contribution < 1.29 is 9.84 Å². The second-order valence-electron chi connectivity index (χ2n) is 6.99. The van der Waals surface area contributed by atoms with Crippen LogP contribution in [0.15, 0.2) is 77.3 Å². The second kappa shape index (κ2) is 9.13. The third kappa shape index (κ3) is 4.48. The molecule has 0 bridgehead atoms. The van der Waals surface area contributed by atoms with E-state index in [1.807, 2.05) is 55.5 Å². The standard InChI is InChI=1S/C24H22BrClN2O2/c1-2-30-22-5-3-4-19(23(22)29)21-14-20(15-6-10-17(25)11-7-15)27-24(28-21)16-8-12-18(26)13-9-16/h3-14,21,24,27-29H,2H2,1H3. The molecule has 3 N–H and O–H groups in total. The van der Waals surface area contributed by atoms with Crippen molar-refractivity contribution in [2.45, 2.75) is 19.1 Å². The highest BCUT2D eigenvalue weighted by Crippen LogP contribution is 2.38. The number of ether oxygens (including phenoxy) is 1. The van der Waals surface area contributed by atoms with Crippen molar-refractivity contribution in [3.8, 4) is 11.5 Å². The van der Waals surface area contributed by atoms with Crippen molar-refractivity contribution in [1.82, 2.24) is 10.6 Å². The molecule has 2 atom stereocenters. The number of nitrogens with one attached hydrogen (secondary N) is 2. The molecule has 6 heteroatoms. The highest BCUT2D eigenvalue weighted by atomic mass is 79.9.